The predicted molar refractivity (Wildman–Crippen MR) is 393 cm³/mol. The molecule has 0 N–H and O–H groups in total. The monoisotopic (exact) mass is 1170 g/mol. The molecule has 0 amide bonds. The molecule has 448 valence electrons. The van der Waals surface area contributed by atoms with Crippen molar-refractivity contribution in [3.8, 4) is 33.4 Å². The van der Waals surface area contributed by atoms with E-state index in [0.717, 1.165) is 23.1 Å². The van der Waals surface area contributed by atoms with E-state index in [0.29, 0.717) is 0 Å². The Labute approximate surface area is 540 Å². The van der Waals surface area contributed by atoms with Gasteiger partial charge in [-0.3, -0.25) is 15.0 Å². The second kappa shape index (κ2) is 25.4. The van der Waals surface area contributed by atoms with E-state index in [1.807, 2.05) is 24.8 Å². The molecule has 0 aliphatic carbocycles. The second-order valence-corrected chi connectivity index (χ2v) is 27.1. The zero-order valence-electron chi connectivity index (χ0n) is 57.3. The molecular weight excluding hydrogens is 1080 g/mol. The number of hydrogen-bond donors (Lipinski definition) is 0. The third-order valence-electron chi connectivity index (χ3n) is 20.0. The average Bonchev–Trinajstić information content (AvgIpc) is 0.757. The number of aromatic nitrogens is 3. The van der Waals surface area contributed by atoms with E-state index in [1.165, 1.54) is 188 Å². The molecule has 0 unspecified atom stereocenters. The summed E-state index contributed by atoms with van der Waals surface area (Å²) in [6.07, 6.45) is 12.7. The van der Waals surface area contributed by atoms with E-state index in [2.05, 4.69) is 282 Å². The summed E-state index contributed by atoms with van der Waals surface area (Å²) in [5.41, 5.74) is 48.0. The van der Waals surface area contributed by atoms with Crippen molar-refractivity contribution in [2.75, 3.05) is 0 Å². The molecule has 3 heterocycles. The highest BCUT2D eigenvalue weighted by Gasteiger charge is 2.36. The van der Waals surface area contributed by atoms with Crippen LogP contribution in [0.4, 0.5) is 0 Å². The molecule has 0 saturated heterocycles. The van der Waals surface area contributed by atoms with Gasteiger partial charge in [-0.25, -0.2) is 0 Å². The summed E-state index contributed by atoms with van der Waals surface area (Å²) in [5, 5.41) is 0. The lowest BCUT2D eigenvalue weighted by Crippen LogP contribution is -2.58. The minimum atomic E-state index is -0.0809. The summed E-state index contributed by atoms with van der Waals surface area (Å²) in [5.74, 6) is 0. The molecule has 8 aromatic carbocycles. The lowest BCUT2D eigenvalue weighted by atomic mass is 9.32. The molecule has 0 fully saturated rings. The molecule has 90 heavy (non-hydrogen) atoms. The number of aryl methyl sites for hydroxylation is 17. The smallest absolute Gasteiger partial charge is 0.243 e. The molecule has 0 saturated carbocycles. The fourth-order valence-corrected chi connectivity index (χ4v) is 17.1. The average molecular weight is 1170 g/mol. The van der Waals surface area contributed by atoms with Gasteiger partial charge in [0.25, 0.3) is 0 Å². The molecule has 0 aliphatic heterocycles. The van der Waals surface area contributed by atoms with Crippen molar-refractivity contribution in [1.82, 2.24) is 15.0 Å². The van der Waals surface area contributed by atoms with Crippen molar-refractivity contribution in [2.24, 2.45) is 0 Å². The van der Waals surface area contributed by atoms with Crippen LogP contribution < -0.4 is 49.2 Å². The first-order chi connectivity index (χ1) is 42.9. The van der Waals surface area contributed by atoms with Crippen LogP contribution in [0.15, 0.2) is 159 Å². The van der Waals surface area contributed by atoms with E-state index in [4.69, 9.17) is 4.98 Å². The van der Waals surface area contributed by atoms with Crippen molar-refractivity contribution in [1.29, 1.82) is 0 Å². The molecule has 0 bridgehead atoms. The molecule has 6 heteroatoms. The Morgan fingerprint density at radius 3 is 0.878 bits per heavy atom. The summed E-state index contributed by atoms with van der Waals surface area (Å²) in [6, 6.07) is 47.1. The standard InChI is InChI=1S/C84H88B3N3/c1-48-31-54(7)78(55(8)32-48)85(79-56(9)33-49(2)34-57(79)10)73-25-27-74(28-26-73)86(80-58(11)35-50(3)36-59(80)12)81-63(16)40-68(41-64(81)17)42-69-43-72(47-90-44-69)77-53(6)39-62(15)84(67(77)20)87(82-60(13)37-51(4)75(65(82)18)70-23-21-29-88-45-70)83-61(14)38-52(5)76(66(83)19)71-24-22-30-89-46-71/h21-41,43-47H,42H2,1-20H3. The van der Waals surface area contributed by atoms with Crippen LogP contribution in [-0.4, -0.2) is 35.1 Å². The molecule has 11 rings (SSSR count). The summed E-state index contributed by atoms with van der Waals surface area (Å²) in [7, 11) is 0. The van der Waals surface area contributed by atoms with Crippen molar-refractivity contribution < 1.29 is 0 Å². The third kappa shape index (κ3) is 11.8. The fraction of sp³-hybridized carbons (Fsp3) is 0.250. The van der Waals surface area contributed by atoms with Gasteiger partial charge in [0.2, 0.25) is 20.1 Å². The maximum absolute atomic E-state index is 5.09. The van der Waals surface area contributed by atoms with Crippen LogP contribution in [-0.2, 0) is 6.42 Å². The molecule has 0 spiro atoms. The maximum atomic E-state index is 5.09. The molecular formula is C84H88B3N3. The van der Waals surface area contributed by atoms with Crippen LogP contribution >= 0.6 is 0 Å². The van der Waals surface area contributed by atoms with E-state index < -0.39 is 0 Å². The highest BCUT2D eigenvalue weighted by Crippen LogP contribution is 2.34. The largest absolute Gasteiger partial charge is 0.264 e. The number of hydrogen-bond acceptors (Lipinski definition) is 3. The first-order valence-corrected chi connectivity index (χ1v) is 32.4. The van der Waals surface area contributed by atoms with Gasteiger partial charge in [-0.15, -0.1) is 0 Å². The Balaban J connectivity index is 1.01. The molecule has 11 aromatic rings. The zero-order chi connectivity index (χ0) is 64.3. The number of pyridine rings is 3. The fourth-order valence-electron chi connectivity index (χ4n) is 17.1. The molecule has 0 atom stereocenters. The quantitative estimate of drug-likeness (QED) is 0.102. The Morgan fingerprint density at radius 2 is 0.556 bits per heavy atom. The Kier molecular flexibility index (Phi) is 17.7. The van der Waals surface area contributed by atoms with E-state index in [9.17, 15) is 0 Å². The normalized spacial score (nSPS) is 11.4. The van der Waals surface area contributed by atoms with Crippen molar-refractivity contribution in [3.05, 3.63) is 281 Å². The maximum Gasteiger partial charge on any atom is 0.243 e. The second-order valence-electron chi connectivity index (χ2n) is 27.1. The van der Waals surface area contributed by atoms with Gasteiger partial charge in [-0.2, -0.15) is 0 Å². The van der Waals surface area contributed by atoms with Gasteiger partial charge in [0.1, 0.15) is 0 Å². The molecule has 0 aliphatic rings. The van der Waals surface area contributed by atoms with Gasteiger partial charge >= 0.3 is 0 Å². The predicted octanol–water partition coefficient (Wildman–Crippen LogP) is 14.2. The van der Waals surface area contributed by atoms with Gasteiger partial charge in [0.15, 0.2) is 0 Å². The molecule has 3 nitrogen and oxygen atoms in total. The number of benzene rings is 8. The lowest BCUT2D eigenvalue weighted by Gasteiger charge is -2.31. The summed E-state index contributed by atoms with van der Waals surface area (Å²) in [6.45, 7) is 46.0. The van der Waals surface area contributed by atoms with Gasteiger partial charge in [-0.1, -0.05) is 230 Å². The highest BCUT2D eigenvalue weighted by molar-refractivity contribution is 6.98. The van der Waals surface area contributed by atoms with Gasteiger partial charge in [0.05, 0.1) is 0 Å². The Morgan fingerprint density at radius 1 is 0.256 bits per heavy atom. The third-order valence-corrected chi connectivity index (χ3v) is 20.0. The summed E-state index contributed by atoms with van der Waals surface area (Å²) < 4.78 is 0. The minimum Gasteiger partial charge on any atom is -0.264 e. The first kappa shape index (κ1) is 63.0. The lowest BCUT2D eigenvalue weighted by molar-refractivity contribution is 1.13. The van der Waals surface area contributed by atoms with Crippen LogP contribution in [0.1, 0.15) is 122 Å². The Hall–Kier alpha value is -8.60. The SMILES string of the molecule is Cc1cc(C)c(B(c2ccc(B(c3c(C)cc(C)cc3C)c3c(C)cc(Cc4cncc(-c5c(C)cc(C)c(B(c6c(C)cc(C)c(-c7cccnc7)c6C)c6c(C)cc(C)c(-c7cccnc7)c6C)c5C)c4)cc3C)cc2)c2c(C)cc(C)cc2C)c(C)c1. The number of rotatable bonds is 14. The topological polar surface area (TPSA) is 38.7 Å². The van der Waals surface area contributed by atoms with Gasteiger partial charge in [0, 0.05) is 53.9 Å². The molecule has 3 aromatic heterocycles. The van der Waals surface area contributed by atoms with Gasteiger partial charge < -0.3 is 0 Å². The van der Waals surface area contributed by atoms with Crippen molar-refractivity contribution in [3.63, 3.8) is 0 Å². The first-order valence-electron chi connectivity index (χ1n) is 32.4. The van der Waals surface area contributed by atoms with E-state index >= 15 is 0 Å². The minimum absolute atomic E-state index is 0.0391. The highest BCUT2D eigenvalue weighted by atomic mass is 14.6. The Bertz CT molecular complexity index is 4360. The van der Waals surface area contributed by atoms with Gasteiger partial charge in [-0.05, 0) is 224 Å². The summed E-state index contributed by atoms with van der Waals surface area (Å²) >= 11 is 0. The van der Waals surface area contributed by atoms with Crippen molar-refractivity contribution in [2.45, 2.75) is 145 Å². The zero-order valence-corrected chi connectivity index (χ0v) is 57.3. The van der Waals surface area contributed by atoms with Crippen LogP contribution in [0.2, 0.25) is 0 Å². The van der Waals surface area contributed by atoms with E-state index in [1.54, 1.807) is 0 Å². The van der Waals surface area contributed by atoms with E-state index in [-0.39, 0.29) is 20.1 Å². The summed E-state index contributed by atoms with van der Waals surface area (Å²) in [4.78, 5) is 14.3. The van der Waals surface area contributed by atoms with Crippen LogP contribution in [0.3, 0.4) is 0 Å². The van der Waals surface area contributed by atoms with Crippen molar-refractivity contribution >= 4 is 69.3 Å². The molecule has 0 radical (unpaired) electrons. The van der Waals surface area contributed by atoms with Crippen LogP contribution in [0, 0.1) is 138 Å². The van der Waals surface area contributed by atoms with Crippen LogP contribution in [0.25, 0.3) is 33.4 Å². The van der Waals surface area contributed by atoms with Crippen LogP contribution in [0.5, 0.6) is 0 Å². The number of nitrogens with zero attached hydrogens (tertiary/aromatic N) is 3.